The van der Waals surface area contributed by atoms with Crippen molar-refractivity contribution in [3.05, 3.63) is 30.0 Å². The fourth-order valence-electron chi connectivity index (χ4n) is 8.57. The number of aliphatic imine (C=N–C) groups is 1. The maximum absolute atomic E-state index is 14.7. The minimum absolute atomic E-state index is 0.0366. The first-order valence-electron chi connectivity index (χ1n) is 20.5. The van der Waals surface area contributed by atoms with Crippen molar-refractivity contribution in [3.63, 3.8) is 0 Å². The number of pyridine rings is 1. The zero-order valence-electron chi connectivity index (χ0n) is 34.2. The molecule has 7 rings (SSSR count). The number of likely N-dealkylation sites (tertiary alicyclic amines) is 1. The van der Waals surface area contributed by atoms with Crippen LogP contribution >= 0.6 is 11.8 Å². The van der Waals surface area contributed by atoms with Crippen LogP contribution in [0, 0.1) is 23.2 Å². The summed E-state index contributed by atoms with van der Waals surface area (Å²) < 4.78 is 23.7. The predicted molar refractivity (Wildman–Crippen MR) is 217 cm³/mol. The molecule has 57 heavy (non-hydrogen) atoms. The molecule has 310 valence electrons. The van der Waals surface area contributed by atoms with E-state index in [1.165, 1.54) is 11.3 Å². The largest absolute Gasteiger partial charge is 0.491 e. The van der Waals surface area contributed by atoms with Gasteiger partial charge in [0, 0.05) is 42.8 Å². The quantitative estimate of drug-likeness (QED) is 0.160. The van der Waals surface area contributed by atoms with Crippen molar-refractivity contribution >= 4 is 52.0 Å². The number of methoxy groups -OCH3 is 1. The highest BCUT2D eigenvalue weighted by molar-refractivity contribution is 8.14. The summed E-state index contributed by atoms with van der Waals surface area (Å²) in [6.07, 6.45) is 3.80. The van der Waals surface area contributed by atoms with Crippen LogP contribution in [0.2, 0.25) is 0 Å². The van der Waals surface area contributed by atoms with Crippen LogP contribution in [0.15, 0.2) is 29.3 Å². The fourth-order valence-corrected chi connectivity index (χ4v) is 9.65. The van der Waals surface area contributed by atoms with Gasteiger partial charge in [-0.15, -0.1) is 0 Å². The van der Waals surface area contributed by atoms with Gasteiger partial charge in [0.15, 0.2) is 5.17 Å². The Morgan fingerprint density at radius 1 is 1.07 bits per heavy atom. The lowest BCUT2D eigenvalue weighted by molar-refractivity contribution is -0.142. The van der Waals surface area contributed by atoms with E-state index in [0.717, 1.165) is 41.8 Å². The number of carbonyl (C=O) groups excluding carboxylic acids is 4. The first kappa shape index (κ1) is 41.1. The number of aldehydes is 1. The van der Waals surface area contributed by atoms with Crippen LogP contribution in [0.5, 0.6) is 11.5 Å². The van der Waals surface area contributed by atoms with Gasteiger partial charge in [0.05, 0.1) is 29.9 Å². The Hall–Kier alpha value is -4.11. The average molecular weight is 807 g/mol. The second kappa shape index (κ2) is 16.6. The molecule has 1 aromatic heterocycles. The van der Waals surface area contributed by atoms with Crippen molar-refractivity contribution in [2.24, 2.45) is 28.2 Å². The van der Waals surface area contributed by atoms with Crippen LogP contribution in [0.4, 0.5) is 4.79 Å². The van der Waals surface area contributed by atoms with E-state index in [0.29, 0.717) is 54.2 Å². The van der Waals surface area contributed by atoms with E-state index in [4.69, 9.17) is 28.9 Å². The molecule has 14 nitrogen and oxygen atoms in total. The van der Waals surface area contributed by atoms with Gasteiger partial charge in [0.2, 0.25) is 11.8 Å². The third kappa shape index (κ3) is 9.29. The summed E-state index contributed by atoms with van der Waals surface area (Å²) in [5.41, 5.74) is -0.285. The Balaban J connectivity index is 1.17. The van der Waals surface area contributed by atoms with Crippen molar-refractivity contribution in [1.82, 2.24) is 25.8 Å². The van der Waals surface area contributed by atoms with Gasteiger partial charge in [-0.05, 0) is 74.8 Å². The summed E-state index contributed by atoms with van der Waals surface area (Å²) in [5, 5.41) is 10.9. The number of fused-ring (bicyclic) bond motifs is 2. The number of nitrogens with one attached hydrogen (secondary N) is 3. The number of alkyl carbamates (subject to hydrolysis) is 1. The number of amides is 3. The molecule has 3 saturated carbocycles. The highest BCUT2D eigenvalue weighted by Gasteiger charge is 2.56. The number of rotatable bonds is 15. The maximum Gasteiger partial charge on any atom is 0.408 e. The minimum atomic E-state index is -0.990. The SMILES string of the molecule is CCC1C[C@@]1(C=O)NC(=O)[C@@H]1C[C@@H](Oc2cc(C3CSC(NC(C)C)=N3)nc3cc(OCCOC)ccc23)CN1C(=O)C(NC(=O)O[C@@H]1C[C@@H]2C[C@@H]2C1)C(C)(C)C. The lowest BCUT2D eigenvalue weighted by atomic mass is 9.85. The third-order valence-corrected chi connectivity index (χ3v) is 12.9. The highest BCUT2D eigenvalue weighted by atomic mass is 32.2. The number of amidine groups is 1. The second-order valence-corrected chi connectivity index (χ2v) is 18.8. The van der Waals surface area contributed by atoms with E-state index in [1.807, 2.05) is 52.0 Å². The van der Waals surface area contributed by atoms with E-state index < -0.39 is 47.0 Å². The molecule has 5 aliphatic rings. The molecule has 3 N–H and O–H groups in total. The van der Waals surface area contributed by atoms with Crippen molar-refractivity contribution < 1.29 is 38.1 Å². The van der Waals surface area contributed by atoms with E-state index in [1.54, 1.807) is 18.9 Å². The van der Waals surface area contributed by atoms with Crippen molar-refractivity contribution in [2.45, 2.75) is 122 Å². The smallest absolute Gasteiger partial charge is 0.408 e. The standard InChI is InChI=1S/C42H58N6O8S/c1-8-26-19-42(26,22-49)47-37(50)34-17-29(20-48(34)38(51)36(41(4,5)6)46-40(52)56-28-14-24-13-25(24)15-28)55-35-18-32(33-21-57-39(45-33)43-23(2)3)44-31-16-27(9-10-30(31)35)54-12-11-53-7/h9-10,16,18,22-26,28-29,33-34,36H,8,11-15,17,19-21H2,1-7H3,(H,43,45)(H,46,52)(H,47,50)/t24-,25+,26?,28+,29-,33?,34+,36?,42+/m1/s1. The number of benzene rings is 1. The lowest BCUT2D eigenvalue weighted by Crippen LogP contribution is -2.59. The van der Waals surface area contributed by atoms with Crippen LogP contribution in [-0.4, -0.2) is 108 Å². The summed E-state index contributed by atoms with van der Waals surface area (Å²) in [6, 6.07) is 5.59. The van der Waals surface area contributed by atoms with Gasteiger partial charge >= 0.3 is 6.09 Å². The molecular weight excluding hydrogens is 749 g/mol. The molecule has 1 aromatic carbocycles. The molecule has 0 bridgehead atoms. The van der Waals surface area contributed by atoms with Crippen molar-refractivity contribution in [3.8, 4) is 11.5 Å². The first-order chi connectivity index (χ1) is 27.2. The number of carbonyl (C=O) groups is 4. The monoisotopic (exact) mass is 806 g/mol. The topological polar surface area (TPSA) is 170 Å². The van der Waals surface area contributed by atoms with Crippen molar-refractivity contribution in [2.75, 3.05) is 32.6 Å². The zero-order valence-corrected chi connectivity index (χ0v) is 35.0. The van der Waals surface area contributed by atoms with Crippen LogP contribution in [0.3, 0.4) is 0 Å². The number of ether oxygens (including phenoxy) is 4. The molecule has 3 aliphatic carbocycles. The Bertz CT molecular complexity index is 1880. The molecule has 3 unspecified atom stereocenters. The average Bonchev–Trinajstić information content (AvgIpc) is 3.81. The van der Waals surface area contributed by atoms with Crippen LogP contribution in [-0.2, 0) is 23.9 Å². The predicted octanol–water partition coefficient (Wildman–Crippen LogP) is 5.17. The van der Waals surface area contributed by atoms with Gasteiger partial charge in [-0.2, -0.15) is 0 Å². The van der Waals surface area contributed by atoms with E-state index in [9.17, 15) is 19.2 Å². The molecule has 3 heterocycles. The van der Waals surface area contributed by atoms with Gasteiger partial charge < -0.3 is 44.6 Å². The summed E-state index contributed by atoms with van der Waals surface area (Å²) in [7, 11) is 1.62. The molecule has 15 heteroatoms. The van der Waals surface area contributed by atoms with Gasteiger partial charge in [-0.3, -0.25) is 19.6 Å². The number of nitrogens with zero attached hydrogens (tertiary/aromatic N) is 3. The summed E-state index contributed by atoms with van der Waals surface area (Å²) >= 11 is 1.64. The molecular formula is C42H58N6O8S. The molecule has 9 atom stereocenters. The lowest BCUT2D eigenvalue weighted by Gasteiger charge is -2.35. The Kier molecular flexibility index (Phi) is 12.0. The Morgan fingerprint density at radius 3 is 2.51 bits per heavy atom. The number of hydrogen-bond donors (Lipinski definition) is 3. The van der Waals surface area contributed by atoms with Gasteiger partial charge in [-0.1, -0.05) is 45.9 Å². The summed E-state index contributed by atoms with van der Waals surface area (Å²) in [6.45, 7) is 12.6. The normalized spacial score (nSPS) is 29.4. The molecule has 2 aliphatic heterocycles. The van der Waals surface area contributed by atoms with Crippen LogP contribution in [0.25, 0.3) is 10.9 Å². The second-order valence-electron chi connectivity index (χ2n) is 17.8. The maximum atomic E-state index is 14.7. The van der Waals surface area contributed by atoms with Crippen LogP contribution < -0.4 is 25.4 Å². The Morgan fingerprint density at radius 2 is 1.84 bits per heavy atom. The van der Waals surface area contributed by atoms with Gasteiger partial charge in [0.25, 0.3) is 0 Å². The van der Waals surface area contributed by atoms with Gasteiger partial charge in [-0.25, -0.2) is 4.79 Å². The molecule has 4 fully saturated rings. The zero-order chi connectivity index (χ0) is 40.6. The highest BCUT2D eigenvalue weighted by Crippen LogP contribution is 2.52. The summed E-state index contributed by atoms with van der Waals surface area (Å²) in [5.74, 6) is 2.35. The number of hydrogen-bond acceptors (Lipinski definition) is 12. The Labute approximate surface area is 339 Å². The molecule has 0 radical (unpaired) electrons. The summed E-state index contributed by atoms with van der Waals surface area (Å²) in [4.78, 5) is 65.9. The first-order valence-corrected chi connectivity index (χ1v) is 21.4. The number of thioether (sulfide) groups is 1. The molecule has 3 amide bonds. The van der Waals surface area contributed by atoms with Crippen molar-refractivity contribution in [1.29, 1.82) is 0 Å². The van der Waals surface area contributed by atoms with Crippen LogP contribution in [0.1, 0.15) is 91.8 Å². The third-order valence-electron chi connectivity index (χ3n) is 11.9. The van der Waals surface area contributed by atoms with E-state index in [2.05, 4.69) is 29.8 Å². The molecule has 1 saturated heterocycles. The molecule has 0 spiro atoms. The van der Waals surface area contributed by atoms with E-state index in [-0.39, 0.29) is 37.1 Å². The number of aromatic nitrogens is 1. The van der Waals surface area contributed by atoms with Gasteiger partial charge in [0.1, 0.15) is 54.7 Å². The molecule has 2 aromatic rings. The van der Waals surface area contributed by atoms with E-state index >= 15 is 0 Å². The fraction of sp³-hybridized carbons (Fsp3) is 0.667. The minimum Gasteiger partial charge on any atom is -0.491 e.